The third kappa shape index (κ3) is 4.02. The van der Waals surface area contributed by atoms with E-state index in [1.165, 1.54) is 0 Å². The number of Topliss-reactive ketones (excluding diaryl/α,β-unsaturated/α-hetero) is 1. The van der Waals surface area contributed by atoms with Gasteiger partial charge in [0.2, 0.25) is 0 Å². The zero-order chi connectivity index (χ0) is 23.3. The molecule has 0 saturated heterocycles. The third-order valence-corrected chi connectivity index (χ3v) is 6.17. The van der Waals surface area contributed by atoms with Crippen molar-refractivity contribution in [2.24, 2.45) is 0 Å². The number of ketones is 1. The highest BCUT2D eigenvalue weighted by molar-refractivity contribution is 6.24. The van der Waals surface area contributed by atoms with E-state index in [2.05, 4.69) is 0 Å². The number of aliphatic hydroxyl groups is 1. The van der Waals surface area contributed by atoms with Gasteiger partial charge in [-0.1, -0.05) is 121 Å². The summed E-state index contributed by atoms with van der Waals surface area (Å²) in [5.74, 6) is -0.534. The average molecular weight is 441 g/mol. The number of carbonyl (C=O) groups is 1. The SMILES string of the molecule is O=C(C1=C(c2ccccc2)C(c2ccccc2)=CC1=CO)C(c1ccccc1)c1ccccc1. The first-order valence-electron chi connectivity index (χ1n) is 11.3. The summed E-state index contributed by atoms with van der Waals surface area (Å²) in [5.41, 5.74) is 6.61. The second-order valence-corrected chi connectivity index (χ2v) is 8.24. The molecular weight excluding hydrogens is 416 g/mol. The van der Waals surface area contributed by atoms with Gasteiger partial charge < -0.3 is 5.11 Å². The predicted molar refractivity (Wildman–Crippen MR) is 138 cm³/mol. The van der Waals surface area contributed by atoms with Crippen LogP contribution in [0.5, 0.6) is 0 Å². The van der Waals surface area contributed by atoms with E-state index >= 15 is 0 Å². The van der Waals surface area contributed by atoms with Crippen molar-refractivity contribution in [3.05, 3.63) is 167 Å². The van der Waals surface area contributed by atoms with Crippen LogP contribution in [0.4, 0.5) is 0 Å². The Bertz CT molecular complexity index is 1340. The quantitative estimate of drug-likeness (QED) is 0.318. The predicted octanol–water partition coefficient (Wildman–Crippen LogP) is 7.38. The van der Waals surface area contributed by atoms with Crippen molar-refractivity contribution < 1.29 is 9.90 Å². The van der Waals surface area contributed by atoms with Gasteiger partial charge in [0, 0.05) is 16.7 Å². The Morgan fingerprint density at radius 2 is 1.06 bits per heavy atom. The van der Waals surface area contributed by atoms with E-state index in [-0.39, 0.29) is 5.78 Å². The summed E-state index contributed by atoms with van der Waals surface area (Å²) in [6.45, 7) is 0. The maximum atomic E-state index is 14.4. The van der Waals surface area contributed by atoms with Crippen LogP contribution in [0, 0.1) is 0 Å². The molecule has 2 nitrogen and oxygen atoms in total. The standard InChI is InChI=1S/C32H24O2/c33-22-27-21-28(23-13-5-1-6-14-23)30(26-19-11-4-12-20-26)31(27)32(34)29(24-15-7-2-8-16-24)25-17-9-3-10-18-25/h1-22,29,33H. The normalized spacial score (nSPS) is 14.5. The number of hydrogen-bond acceptors (Lipinski definition) is 2. The van der Waals surface area contributed by atoms with Crippen LogP contribution >= 0.6 is 0 Å². The third-order valence-electron chi connectivity index (χ3n) is 6.17. The van der Waals surface area contributed by atoms with Gasteiger partial charge in [-0.25, -0.2) is 0 Å². The minimum Gasteiger partial charge on any atom is -0.515 e. The summed E-state index contributed by atoms with van der Waals surface area (Å²) in [7, 11) is 0. The van der Waals surface area contributed by atoms with Crippen LogP contribution in [0.1, 0.15) is 28.2 Å². The fraction of sp³-hybridized carbons (Fsp3) is 0.0312. The minimum atomic E-state index is -0.491. The van der Waals surface area contributed by atoms with E-state index < -0.39 is 5.92 Å². The van der Waals surface area contributed by atoms with Crippen LogP contribution in [0.25, 0.3) is 11.1 Å². The van der Waals surface area contributed by atoms with Gasteiger partial charge in [0.05, 0.1) is 12.2 Å². The molecule has 1 aliphatic rings. The molecule has 164 valence electrons. The molecule has 0 amide bonds. The van der Waals surface area contributed by atoms with Crippen LogP contribution in [-0.2, 0) is 4.79 Å². The lowest BCUT2D eigenvalue weighted by atomic mass is 9.81. The molecular formula is C32H24O2. The summed E-state index contributed by atoms with van der Waals surface area (Å²) in [6.07, 6.45) is 2.97. The number of rotatable bonds is 6. The lowest BCUT2D eigenvalue weighted by Gasteiger charge is -2.20. The second-order valence-electron chi connectivity index (χ2n) is 8.24. The Morgan fingerprint density at radius 1 is 0.618 bits per heavy atom. The molecule has 0 bridgehead atoms. The molecule has 0 fully saturated rings. The van der Waals surface area contributed by atoms with Gasteiger partial charge in [0.25, 0.3) is 0 Å². The Labute approximate surface area is 199 Å². The summed E-state index contributed by atoms with van der Waals surface area (Å²) >= 11 is 0. The molecule has 0 aliphatic heterocycles. The number of aliphatic hydroxyl groups excluding tert-OH is 1. The summed E-state index contributed by atoms with van der Waals surface area (Å²) < 4.78 is 0. The molecule has 0 heterocycles. The minimum absolute atomic E-state index is 0.0428. The molecule has 0 atom stereocenters. The summed E-state index contributed by atoms with van der Waals surface area (Å²) in [5, 5.41) is 10.2. The Hall–Kier alpha value is -4.43. The topological polar surface area (TPSA) is 37.3 Å². The lowest BCUT2D eigenvalue weighted by molar-refractivity contribution is -0.115. The highest BCUT2D eigenvalue weighted by Gasteiger charge is 2.34. The maximum absolute atomic E-state index is 14.4. The fourth-order valence-electron chi connectivity index (χ4n) is 4.63. The maximum Gasteiger partial charge on any atom is 0.176 e. The molecule has 0 aromatic heterocycles. The first-order valence-corrected chi connectivity index (χ1v) is 11.3. The number of benzene rings is 4. The van der Waals surface area contributed by atoms with Gasteiger partial charge >= 0.3 is 0 Å². The van der Waals surface area contributed by atoms with Gasteiger partial charge in [-0.2, -0.15) is 0 Å². The molecule has 2 heteroatoms. The van der Waals surface area contributed by atoms with Crippen molar-refractivity contribution in [1.82, 2.24) is 0 Å². The van der Waals surface area contributed by atoms with E-state index in [0.29, 0.717) is 11.1 Å². The molecule has 1 aliphatic carbocycles. The Balaban J connectivity index is 1.75. The van der Waals surface area contributed by atoms with Gasteiger partial charge in [-0.05, 0) is 33.9 Å². The Kier molecular flexibility index (Phi) is 6.05. The second kappa shape index (κ2) is 9.60. The smallest absolute Gasteiger partial charge is 0.176 e. The van der Waals surface area contributed by atoms with Crippen molar-refractivity contribution in [1.29, 1.82) is 0 Å². The van der Waals surface area contributed by atoms with E-state index in [4.69, 9.17) is 0 Å². The van der Waals surface area contributed by atoms with Crippen LogP contribution < -0.4 is 0 Å². The largest absolute Gasteiger partial charge is 0.515 e. The first kappa shape index (κ1) is 21.4. The zero-order valence-corrected chi connectivity index (χ0v) is 18.6. The first-order chi connectivity index (χ1) is 16.8. The molecule has 0 radical (unpaired) electrons. The van der Waals surface area contributed by atoms with Crippen LogP contribution in [-0.4, -0.2) is 10.9 Å². The number of hydrogen-bond donors (Lipinski definition) is 1. The molecule has 5 rings (SSSR count). The van der Waals surface area contributed by atoms with Gasteiger partial charge in [-0.3, -0.25) is 4.79 Å². The molecule has 0 saturated carbocycles. The zero-order valence-electron chi connectivity index (χ0n) is 18.6. The highest BCUT2D eigenvalue weighted by atomic mass is 16.2. The number of allylic oxidation sites excluding steroid dienone is 5. The van der Waals surface area contributed by atoms with Crippen LogP contribution in [0.2, 0.25) is 0 Å². The van der Waals surface area contributed by atoms with E-state index in [0.717, 1.165) is 39.7 Å². The number of carbonyl (C=O) groups excluding carboxylic acids is 1. The van der Waals surface area contributed by atoms with Gasteiger partial charge in [0.15, 0.2) is 5.78 Å². The molecule has 1 N–H and O–H groups in total. The van der Waals surface area contributed by atoms with E-state index in [1.807, 2.05) is 127 Å². The van der Waals surface area contributed by atoms with Crippen molar-refractivity contribution in [2.45, 2.75) is 5.92 Å². The molecule has 0 unspecified atom stereocenters. The highest BCUT2D eigenvalue weighted by Crippen LogP contribution is 2.45. The lowest BCUT2D eigenvalue weighted by Crippen LogP contribution is -2.17. The molecule has 34 heavy (non-hydrogen) atoms. The Morgan fingerprint density at radius 3 is 1.53 bits per heavy atom. The molecule has 4 aromatic rings. The van der Waals surface area contributed by atoms with E-state index in [9.17, 15) is 9.90 Å². The van der Waals surface area contributed by atoms with E-state index in [1.54, 1.807) is 0 Å². The van der Waals surface area contributed by atoms with Crippen molar-refractivity contribution in [3.8, 4) is 0 Å². The summed E-state index contributed by atoms with van der Waals surface area (Å²) in [6, 6.07) is 39.6. The van der Waals surface area contributed by atoms with Crippen molar-refractivity contribution >= 4 is 16.9 Å². The van der Waals surface area contributed by atoms with Gasteiger partial charge in [0.1, 0.15) is 0 Å². The summed E-state index contributed by atoms with van der Waals surface area (Å²) in [4.78, 5) is 14.4. The molecule has 4 aromatic carbocycles. The van der Waals surface area contributed by atoms with Crippen molar-refractivity contribution in [3.63, 3.8) is 0 Å². The van der Waals surface area contributed by atoms with Crippen LogP contribution in [0.15, 0.2) is 145 Å². The molecule has 0 spiro atoms. The van der Waals surface area contributed by atoms with Gasteiger partial charge in [-0.15, -0.1) is 0 Å². The van der Waals surface area contributed by atoms with Crippen LogP contribution in [0.3, 0.4) is 0 Å². The van der Waals surface area contributed by atoms with Crippen molar-refractivity contribution in [2.75, 3.05) is 0 Å². The average Bonchev–Trinajstić information content (AvgIpc) is 3.31. The fourth-order valence-corrected chi connectivity index (χ4v) is 4.63. The monoisotopic (exact) mass is 440 g/mol.